The Morgan fingerprint density at radius 3 is 2.85 bits per heavy atom. The van der Waals surface area contributed by atoms with E-state index in [1.807, 2.05) is 12.1 Å². The molecule has 0 spiro atoms. The van der Waals surface area contributed by atoms with Gasteiger partial charge < -0.3 is 4.90 Å². The normalized spacial score (nSPS) is 13.0. The Hall–Kier alpha value is -1.99. The standard InChI is InChI=1S/C19H17BrFN3OS/c1-23(11-12-9-10-17(20)26-12)19(25)18-13-5-4-8-15(13)24(22-18)16-7-3-2-6-14(16)21/h2-3,6-7,9-10H,4-5,8,11H2,1H3. The van der Waals surface area contributed by atoms with Crippen molar-refractivity contribution in [3.05, 3.63) is 67.8 Å². The van der Waals surface area contributed by atoms with E-state index in [0.29, 0.717) is 17.9 Å². The third-order valence-corrected chi connectivity index (χ3v) is 6.19. The molecule has 1 aliphatic rings. The Morgan fingerprint density at radius 2 is 2.12 bits per heavy atom. The van der Waals surface area contributed by atoms with Crippen LogP contribution in [-0.4, -0.2) is 27.6 Å². The van der Waals surface area contributed by atoms with Crippen LogP contribution in [0.4, 0.5) is 4.39 Å². The number of halogens is 2. The van der Waals surface area contributed by atoms with Crippen molar-refractivity contribution in [1.82, 2.24) is 14.7 Å². The highest BCUT2D eigenvalue weighted by Gasteiger charge is 2.29. The summed E-state index contributed by atoms with van der Waals surface area (Å²) in [5.74, 6) is -0.455. The summed E-state index contributed by atoms with van der Waals surface area (Å²) in [6, 6.07) is 10.5. The number of para-hydroxylation sites is 1. The first-order chi connectivity index (χ1) is 12.5. The highest BCUT2D eigenvalue weighted by molar-refractivity contribution is 9.11. The van der Waals surface area contributed by atoms with Crippen LogP contribution in [0.25, 0.3) is 5.69 Å². The second kappa shape index (κ2) is 6.96. The average molecular weight is 434 g/mol. The van der Waals surface area contributed by atoms with Gasteiger partial charge in [0.2, 0.25) is 0 Å². The third-order valence-electron chi connectivity index (χ3n) is 4.58. The van der Waals surface area contributed by atoms with Crippen LogP contribution >= 0.6 is 27.3 Å². The largest absolute Gasteiger partial charge is 0.335 e. The van der Waals surface area contributed by atoms with Crippen molar-refractivity contribution in [2.45, 2.75) is 25.8 Å². The lowest BCUT2D eigenvalue weighted by atomic mass is 10.2. The van der Waals surface area contributed by atoms with E-state index < -0.39 is 0 Å². The van der Waals surface area contributed by atoms with E-state index in [0.717, 1.165) is 39.2 Å². The molecule has 0 radical (unpaired) electrons. The second-order valence-corrected chi connectivity index (χ2v) is 8.91. The van der Waals surface area contributed by atoms with Crippen molar-refractivity contribution in [2.24, 2.45) is 0 Å². The van der Waals surface area contributed by atoms with E-state index in [1.54, 1.807) is 46.2 Å². The maximum Gasteiger partial charge on any atom is 0.274 e. The molecule has 0 fully saturated rings. The molecule has 1 amide bonds. The first kappa shape index (κ1) is 17.4. The molecular formula is C19H17BrFN3OS. The first-order valence-corrected chi connectivity index (χ1v) is 10.0. The summed E-state index contributed by atoms with van der Waals surface area (Å²) in [5.41, 5.74) is 2.75. The fourth-order valence-corrected chi connectivity index (χ4v) is 4.89. The number of aromatic nitrogens is 2. The zero-order valence-electron chi connectivity index (χ0n) is 14.2. The molecule has 134 valence electrons. The number of amides is 1. The van der Waals surface area contributed by atoms with Gasteiger partial charge in [0.25, 0.3) is 5.91 Å². The van der Waals surface area contributed by atoms with Crippen molar-refractivity contribution >= 4 is 33.2 Å². The number of thiophene rings is 1. The zero-order chi connectivity index (χ0) is 18.3. The summed E-state index contributed by atoms with van der Waals surface area (Å²) < 4.78 is 16.9. The molecule has 0 saturated heterocycles. The maximum atomic E-state index is 14.2. The molecule has 2 heterocycles. The van der Waals surface area contributed by atoms with Gasteiger partial charge >= 0.3 is 0 Å². The van der Waals surface area contributed by atoms with Gasteiger partial charge in [-0.25, -0.2) is 9.07 Å². The fraction of sp³-hybridized carbons (Fsp3) is 0.263. The Bertz CT molecular complexity index is 981. The second-order valence-electron chi connectivity index (χ2n) is 6.36. The summed E-state index contributed by atoms with van der Waals surface area (Å²) in [4.78, 5) is 15.8. The summed E-state index contributed by atoms with van der Waals surface area (Å²) in [6.07, 6.45) is 2.58. The summed E-state index contributed by atoms with van der Waals surface area (Å²) in [5, 5.41) is 4.51. The number of benzene rings is 1. The molecule has 26 heavy (non-hydrogen) atoms. The Morgan fingerprint density at radius 1 is 1.31 bits per heavy atom. The van der Waals surface area contributed by atoms with Crippen molar-refractivity contribution in [3.63, 3.8) is 0 Å². The number of carbonyl (C=O) groups is 1. The van der Waals surface area contributed by atoms with E-state index in [1.165, 1.54) is 6.07 Å². The number of hydrogen-bond acceptors (Lipinski definition) is 3. The third kappa shape index (κ3) is 3.10. The number of fused-ring (bicyclic) bond motifs is 1. The molecule has 4 rings (SSSR count). The van der Waals surface area contributed by atoms with Gasteiger partial charge in [-0.15, -0.1) is 11.3 Å². The van der Waals surface area contributed by atoms with Crippen LogP contribution in [0.1, 0.15) is 33.0 Å². The van der Waals surface area contributed by atoms with E-state index in [9.17, 15) is 9.18 Å². The SMILES string of the molecule is CN(Cc1ccc(Br)s1)C(=O)c1nn(-c2ccccc2F)c2c1CCC2. The minimum atomic E-state index is -0.333. The lowest BCUT2D eigenvalue weighted by Crippen LogP contribution is -2.27. The van der Waals surface area contributed by atoms with Gasteiger partial charge in [-0.05, 0) is 59.5 Å². The first-order valence-electron chi connectivity index (χ1n) is 8.40. The van der Waals surface area contributed by atoms with Gasteiger partial charge in [-0.2, -0.15) is 5.10 Å². The van der Waals surface area contributed by atoms with Crippen molar-refractivity contribution in [3.8, 4) is 5.69 Å². The number of nitrogens with zero attached hydrogens (tertiary/aromatic N) is 3. The predicted molar refractivity (Wildman–Crippen MR) is 103 cm³/mol. The molecule has 7 heteroatoms. The van der Waals surface area contributed by atoms with Crippen LogP contribution < -0.4 is 0 Å². The van der Waals surface area contributed by atoms with Crippen LogP contribution in [0, 0.1) is 5.82 Å². The molecule has 4 nitrogen and oxygen atoms in total. The molecule has 0 saturated carbocycles. The maximum absolute atomic E-state index is 14.2. The fourth-order valence-electron chi connectivity index (χ4n) is 3.35. The van der Waals surface area contributed by atoms with Crippen LogP contribution in [0.5, 0.6) is 0 Å². The molecule has 1 aromatic carbocycles. The van der Waals surface area contributed by atoms with Crippen LogP contribution in [-0.2, 0) is 19.4 Å². The lowest BCUT2D eigenvalue weighted by Gasteiger charge is -2.15. The van der Waals surface area contributed by atoms with Crippen LogP contribution in [0.2, 0.25) is 0 Å². The Kier molecular flexibility index (Phi) is 4.67. The number of rotatable bonds is 4. The predicted octanol–water partition coefficient (Wildman–Crippen LogP) is 4.60. The molecule has 0 aliphatic heterocycles. The minimum absolute atomic E-state index is 0.122. The minimum Gasteiger partial charge on any atom is -0.335 e. The van der Waals surface area contributed by atoms with Crippen molar-refractivity contribution < 1.29 is 9.18 Å². The topological polar surface area (TPSA) is 38.1 Å². The van der Waals surface area contributed by atoms with Gasteiger partial charge in [-0.1, -0.05) is 12.1 Å². The molecule has 0 bridgehead atoms. The molecule has 0 atom stereocenters. The molecule has 3 aromatic rings. The van der Waals surface area contributed by atoms with E-state index in [2.05, 4.69) is 21.0 Å². The monoisotopic (exact) mass is 433 g/mol. The highest BCUT2D eigenvalue weighted by atomic mass is 79.9. The summed E-state index contributed by atoms with van der Waals surface area (Å²) in [6.45, 7) is 0.524. The molecule has 1 aliphatic carbocycles. The van der Waals surface area contributed by atoms with Crippen molar-refractivity contribution in [1.29, 1.82) is 0 Å². The summed E-state index contributed by atoms with van der Waals surface area (Å²) >= 11 is 5.05. The Labute approximate surface area is 163 Å². The average Bonchev–Trinajstić information content (AvgIpc) is 3.32. The van der Waals surface area contributed by atoms with Gasteiger partial charge in [-0.3, -0.25) is 4.79 Å². The smallest absolute Gasteiger partial charge is 0.274 e. The van der Waals surface area contributed by atoms with Crippen LogP contribution in [0.15, 0.2) is 40.2 Å². The van der Waals surface area contributed by atoms with E-state index >= 15 is 0 Å². The van der Waals surface area contributed by atoms with Crippen molar-refractivity contribution in [2.75, 3.05) is 7.05 Å². The molecule has 0 unspecified atom stereocenters. The van der Waals surface area contributed by atoms with Gasteiger partial charge in [0, 0.05) is 23.2 Å². The van der Waals surface area contributed by atoms with E-state index in [4.69, 9.17) is 0 Å². The van der Waals surface area contributed by atoms with Gasteiger partial charge in [0.15, 0.2) is 5.69 Å². The lowest BCUT2D eigenvalue weighted by molar-refractivity contribution is 0.0779. The Balaban J connectivity index is 1.68. The van der Waals surface area contributed by atoms with Gasteiger partial charge in [0.1, 0.15) is 11.5 Å². The van der Waals surface area contributed by atoms with E-state index in [-0.39, 0.29) is 11.7 Å². The van der Waals surface area contributed by atoms with Crippen LogP contribution in [0.3, 0.4) is 0 Å². The highest BCUT2D eigenvalue weighted by Crippen LogP contribution is 2.30. The molecular weight excluding hydrogens is 417 g/mol. The molecule has 0 N–H and O–H groups in total. The zero-order valence-corrected chi connectivity index (χ0v) is 16.6. The summed E-state index contributed by atoms with van der Waals surface area (Å²) in [7, 11) is 1.78. The number of carbonyl (C=O) groups excluding carboxylic acids is 1. The number of hydrogen-bond donors (Lipinski definition) is 0. The van der Waals surface area contributed by atoms with Gasteiger partial charge in [0.05, 0.1) is 10.3 Å². The molecule has 2 aromatic heterocycles. The quantitative estimate of drug-likeness (QED) is 0.602.